The van der Waals surface area contributed by atoms with Gasteiger partial charge >= 0.3 is 0 Å². The molecule has 1 aliphatic heterocycles. The molecular formula is C20H29ClN2O3S. The quantitative estimate of drug-likeness (QED) is 0.741. The molecule has 3 rings (SSSR count). The lowest BCUT2D eigenvalue weighted by molar-refractivity contribution is -0.126. The molecule has 1 aliphatic carbocycles. The highest BCUT2D eigenvalue weighted by Crippen LogP contribution is 2.34. The zero-order valence-electron chi connectivity index (χ0n) is 15.9. The maximum Gasteiger partial charge on any atom is 0.224 e. The van der Waals surface area contributed by atoms with E-state index in [1.165, 1.54) is 0 Å². The van der Waals surface area contributed by atoms with Crippen molar-refractivity contribution in [3.8, 4) is 0 Å². The second kappa shape index (κ2) is 8.50. The average Bonchev–Trinajstić information content (AvgIpc) is 2.94. The zero-order chi connectivity index (χ0) is 19.5. The fourth-order valence-corrected chi connectivity index (χ4v) is 6.60. The largest absolute Gasteiger partial charge is 0.335 e. The molecule has 2 fully saturated rings. The Labute approximate surface area is 167 Å². The summed E-state index contributed by atoms with van der Waals surface area (Å²) in [6.45, 7) is 2.69. The molecule has 1 aromatic carbocycles. The molecule has 1 atom stereocenters. The lowest BCUT2D eigenvalue weighted by Crippen LogP contribution is -2.63. The van der Waals surface area contributed by atoms with Crippen molar-refractivity contribution < 1.29 is 13.2 Å². The Morgan fingerprint density at radius 3 is 2.52 bits per heavy atom. The highest BCUT2D eigenvalue weighted by atomic mass is 35.5. The first kappa shape index (κ1) is 20.6. The van der Waals surface area contributed by atoms with E-state index < -0.39 is 14.7 Å². The van der Waals surface area contributed by atoms with Crippen molar-refractivity contribution in [3.05, 3.63) is 28.8 Å². The molecule has 1 heterocycles. The van der Waals surface area contributed by atoms with E-state index in [-0.39, 0.29) is 23.3 Å². The van der Waals surface area contributed by atoms with Gasteiger partial charge in [-0.25, -0.2) is 8.42 Å². The number of carbonyl (C=O) groups excluding carboxylic acids is 1. The van der Waals surface area contributed by atoms with E-state index >= 15 is 0 Å². The fraction of sp³-hybridized carbons (Fsp3) is 0.650. The first-order chi connectivity index (χ1) is 12.9. The molecule has 150 valence electrons. The number of sulfone groups is 1. The van der Waals surface area contributed by atoms with E-state index in [1.54, 1.807) is 25.1 Å². The SMILES string of the molecule is Cc1c(Cl)cccc1S(=O)(=O)[C@@]1(NC(=O)C2CCCCCC2)CCCNC1. The molecule has 1 aromatic rings. The molecular weight excluding hydrogens is 384 g/mol. The van der Waals surface area contributed by atoms with E-state index in [1.807, 2.05) is 0 Å². The number of hydrogen-bond acceptors (Lipinski definition) is 4. The van der Waals surface area contributed by atoms with Crippen molar-refractivity contribution in [1.29, 1.82) is 0 Å². The van der Waals surface area contributed by atoms with Crippen LogP contribution in [0.4, 0.5) is 0 Å². The van der Waals surface area contributed by atoms with Crippen molar-refractivity contribution in [2.75, 3.05) is 13.1 Å². The fourth-order valence-electron chi connectivity index (χ4n) is 4.24. The molecule has 0 bridgehead atoms. The van der Waals surface area contributed by atoms with Gasteiger partial charge in [-0.15, -0.1) is 0 Å². The molecule has 0 unspecified atom stereocenters. The van der Waals surface area contributed by atoms with Crippen LogP contribution in [0.1, 0.15) is 56.9 Å². The minimum absolute atomic E-state index is 0.0954. The van der Waals surface area contributed by atoms with Crippen LogP contribution >= 0.6 is 11.6 Å². The van der Waals surface area contributed by atoms with Crippen molar-refractivity contribution in [2.24, 2.45) is 5.92 Å². The molecule has 5 nitrogen and oxygen atoms in total. The second-order valence-electron chi connectivity index (χ2n) is 7.82. The topological polar surface area (TPSA) is 75.3 Å². The summed E-state index contributed by atoms with van der Waals surface area (Å²) in [5.74, 6) is -0.217. The number of piperidine rings is 1. The van der Waals surface area contributed by atoms with E-state index in [0.717, 1.165) is 45.1 Å². The highest BCUT2D eigenvalue weighted by Gasteiger charge is 2.48. The van der Waals surface area contributed by atoms with Gasteiger partial charge in [0.1, 0.15) is 0 Å². The van der Waals surface area contributed by atoms with Crippen LogP contribution in [-0.2, 0) is 14.6 Å². The Bertz CT molecular complexity index is 780. The highest BCUT2D eigenvalue weighted by molar-refractivity contribution is 7.93. The Kier molecular flexibility index (Phi) is 6.49. The monoisotopic (exact) mass is 412 g/mol. The Hall–Kier alpha value is -1.11. The molecule has 0 aromatic heterocycles. The minimum Gasteiger partial charge on any atom is -0.335 e. The van der Waals surface area contributed by atoms with Crippen molar-refractivity contribution in [1.82, 2.24) is 10.6 Å². The Morgan fingerprint density at radius 1 is 1.19 bits per heavy atom. The van der Waals surface area contributed by atoms with Crippen LogP contribution in [0.15, 0.2) is 23.1 Å². The smallest absolute Gasteiger partial charge is 0.224 e. The summed E-state index contributed by atoms with van der Waals surface area (Å²) < 4.78 is 27.3. The molecule has 1 saturated heterocycles. The maximum absolute atomic E-state index is 13.7. The second-order valence-corrected chi connectivity index (χ2v) is 10.5. The number of hydrogen-bond donors (Lipinski definition) is 2. The molecule has 1 amide bonds. The van der Waals surface area contributed by atoms with Gasteiger partial charge in [-0.05, 0) is 56.8 Å². The Morgan fingerprint density at radius 2 is 1.89 bits per heavy atom. The van der Waals surface area contributed by atoms with Crippen LogP contribution in [0.2, 0.25) is 5.02 Å². The molecule has 1 saturated carbocycles. The number of rotatable bonds is 4. The number of amides is 1. The van der Waals surface area contributed by atoms with Gasteiger partial charge in [-0.2, -0.15) is 0 Å². The third-order valence-electron chi connectivity index (χ3n) is 5.94. The van der Waals surface area contributed by atoms with Crippen molar-refractivity contribution >= 4 is 27.3 Å². The van der Waals surface area contributed by atoms with Crippen LogP contribution in [0.3, 0.4) is 0 Å². The summed E-state index contributed by atoms with van der Waals surface area (Å²) in [5, 5.41) is 6.58. The summed E-state index contributed by atoms with van der Waals surface area (Å²) >= 11 is 6.18. The third-order valence-corrected chi connectivity index (χ3v) is 8.85. The number of nitrogens with one attached hydrogen (secondary N) is 2. The summed E-state index contributed by atoms with van der Waals surface area (Å²) in [4.78, 5) is 11.9. The van der Waals surface area contributed by atoms with E-state index in [9.17, 15) is 13.2 Å². The predicted octanol–water partition coefficient (Wildman–Crippen LogP) is 3.59. The molecule has 27 heavy (non-hydrogen) atoms. The standard InChI is InChI=1S/C20H29ClN2O3S/c1-15-17(21)10-6-11-18(15)27(25,26)20(12-7-13-22-14-20)23-19(24)16-8-4-2-3-5-9-16/h6,10-11,16,22H,2-5,7-9,12-14H2,1H3,(H,23,24)/t20-/m0/s1. The summed E-state index contributed by atoms with van der Waals surface area (Å²) in [6, 6.07) is 4.93. The molecule has 7 heteroatoms. The van der Waals surface area contributed by atoms with Gasteiger partial charge < -0.3 is 10.6 Å². The van der Waals surface area contributed by atoms with Gasteiger partial charge in [0.15, 0.2) is 4.87 Å². The van der Waals surface area contributed by atoms with Gasteiger partial charge in [0, 0.05) is 17.5 Å². The zero-order valence-corrected chi connectivity index (χ0v) is 17.5. The van der Waals surface area contributed by atoms with E-state index in [2.05, 4.69) is 10.6 Å². The lowest BCUT2D eigenvalue weighted by atomic mass is 9.98. The number of halogens is 1. The number of carbonyl (C=O) groups is 1. The van der Waals surface area contributed by atoms with Gasteiger partial charge in [0.05, 0.1) is 4.90 Å². The average molecular weight is 413 g/mol. The van der Waals surface area contributed by atoms with Gasteiger partial charge in [-0.1, -0.05) is 43.4 Å². The van der Waals surface area contributed by atoms with Crippen molar-refractivity contribution in [3.63, 3.8) is 0 Å². The number of benzene rings is 1. The van der Waals surface area contributed by atoms with Crippen LogP contribution in [0.25, 0.3) is 0 Å². The van der Waals surface area contributed by atoms with Crippen molar-refractivity contribution in [2.45, 2.75) is 68.1 Å². The normalized spacial score (nSPS) is 25.0. The maximum atomic E-state index is 13.7. The van der Waals surface area contributed by atoms with Gasteiger partial charge in [0.25, 0.3) is 0 Å². The molecule has 0 radical (unpaired) electrons. The minimum atomic E-state index is -3.80. The van der Waals surface area contributed by atoms with Crippen LogP contribution < -0.4 is 10.6 Å². The summed E-state index contributed by atoms with van der Waals surface area (Å²) in [7, 11) is -3.80. The predicted molar refractivity (Wildman–Crippen MR) is 108 cm³/mol. The van der Waals surface area contributed by atoms with Crippen LogP contribution in [0.5, 0.6) is 0 Å². The van der Waals surface area contributed by atoms with E-state index in [4.69, 9.17) is 11.6 Å². The lowest BCUT2D eigenvalue weighted by Gasteiger charge is -2.39. The first-order valence-corrected chi connectivity index (χ1v) is 11.8. The van der Waals surface area contributed by atoms with Crippen LogP contribution in [0, 0.1) is 12.8 Å². The van der Waals surface area contributed by atoms with Gasteiger partial charge in [0.2, 0.25) is 15.7 Å². The first-order valence-electron chi connectivity index (χ1n) is 9.90. The Balaban J connectivity index is 1.94. The van der Waals surface area contributed by atoms with Crippen LogP contribution in [-0.4, -0.2) is 32.3 Å². The molecule has 0 spiro atoms. The molecule has 2 aliphatic rings. The molecule has 2 N–H and O–H groups in total. The summed E-state index contributed by atoms with van der Waals surface area (Å²) in [5.41, 5.74) is 0.535. The van der Waals surface area contributed by atoms with Gasteiger partial charge in [-0.3, -0.25) is 4.79 Å². The summed E-state index contributed by atoms with van der Waals surface area (Å²) in [6.07, 6.45) is 7.15. The third kappa shape index (κ3) is 4.17. The van der Waals surface area contributed by atoms with E-state index in [0.29, 0.717) is 23.4 Å².